The van der Waals surface area contributed by atoms with Gasteiger partial charge in [-0.05, 0) is 63.8 Å². The number of hydrogen-bond donors (Lipinski definition) is 2. The van der Waals surface area contributed by atoms with E-state index < -0.39 is 10.0 Å². The average molecular weight is 314 g/mol. The van der Waals surface area contributed by atoms with Crippen molar-refractivity contribution in [3.8, 4) is 0 Å². The van der Waals surface area contributed by atoms with Crippen molar-refractivity contribution in [2.75, 3.05) is 18.9 Å². The number of nitrogens with two attached hydrogens (primary N) is 1. The van der Waals surface area contributed by atoms with E-state index in [0.29, 0.717) is 24.4 Å². The maximum atomic E-state index is 12.3. The fourth-order valence-electron chi connectivity index (χ4n) is 1.96. The maximum Gasteiger partial charge on any atom is 0.240 e. The fourth-order valence-corrected chi connectivity index (χ4v) is 3.39. The van der Waals surface area contributed by atoms with E-state index >= 15 is 0 Å². The first-order valence-electron chi connectivity index (χ1n) is 7.22. The number of nitrogen functional groups attached to an aromatic ring is 1. The van der Waals surface area contributed by atoms with Gasteiger partial charge in [0.1, 0.15) is 0 Å². The Bertz CT molecular complexity index is 569. The van der Waals surface area contributed by atoms with Crippen molar-refractivity contribution >= 4 is 15.7 Å². The van der Waals surface area contributed by atoms with Gasteiger partial charge in [0.2, 0.25) is 10.0 Å². The number of rotatable bonds is 8. The lowest BCUT2D eigenvalue weighted by Gasteiger charge is -2.12. The van der Waals surface area contributed by atoms with Crippen LogP contribution in [0.15, 0.2) is 17.0 Å². The summed E-state index contributed by atoms with van der Waals surface area (Å²) in [7, 11) is -3.51. The van der Waals surface area contributed by atoms with E-state index in [2.05, 4.69) is 4.72 Å². The summed E-state index contributed by atoms with van der Waals surface area (Å²) in [5.74, 6) is 0. The molecule has 0 atom stereocenters. The number of sulfonamides is 1. The maximum absolute atomic E-state index is 12.3. The van der Waals surface area contributed by atoms with Crippen LogP contribution in [0.5, 0.6) is 0 Å². The number of aryl methyl sites for hydroxylation is 1. The van der Waals surface area contributed by atoms with Crippen LogP contribution >= 0.6 is 0 Å². The second-order valence-electron chi connectivity index (χ2n) is 5.50. The Balaban J connectivity index is 2.59. The molecule has 0 aromatic heterocycles. The smallest absolute Gasteiger partial charge is 0.240 e. The largest absolute Gasteiger partial charge is 0.398 e. The van der Waals surface area contributed by atoms with Crippen LogP contribution in [0, 0.1) is 13.8 Å². The molecule has 0 amide bonds. The van der Waals surface area contributed by atoms with E-state index in [1.165, 1.54) is 0 Å². The van der Waals surface area contributed by atoms with Crippen LogP contribution in [0.3, 0.4) is 0 Å². The molecule has 0 aliphatic carbocycles. The minimum atomic E-state index is -3.51. The Morgan fingerprint density at radius 3 is 2.52 bits per heavy atom. The minimum absolute atomic E-state index is 0.208. The Hall–Kier alpha value is -1.11. The normalized spacial score (nSPS) is 12.0. The van der Waals surface area contributed by atoms with Gasteiger partial charge in [0.05, 0.1) is 11.0 Å². The van der Waals surface area contributed by atoms with E-state index in [1.807, 2.05) is 20.8 Å². The van der Waals surface area contributed by atoms with Gasteiger partial charge in [0.15, 0.2) is 0 Å². The molecular weight excluding hydrogens is 288 g/mol. The summed E-state index contributed by atoms with van der Waals surface area (Å²) < 4.78 is 32.6. The zero-order valence-corrected chi connectivity index (χ0v) is 14.1. The van der Waals surface area contributed by atoms with Crippen molar-refractivity contribution in [3.05, 3.63) is 23.3 Å². The van der Waals surface area contributed by atoms with Gasteiger partial charge in [-0.25, -0.2) is 13.1 Å². The van der Waals surface area contributed by atoms with Gasteiger partial charge in [-0.1, -0.05) is 0 Å². The molecule has 0 aliphatic rings. The van der Waals surface area contributed by atoms with E-state index in [4.69, 9.17) is 10.5 Å². The van der Waals surface area contributed by atoms with Gasteiger partial charge in [0.25, 0.3) is 0 Å². The first-order chi connectivity index (χ1) is 9.74. The molecule has 21 heavy (non-hydrogen) atoms. The van der Waals surface area contributed by atoms with Crippen molar-refractivity contribution in [2.24, 2.45) is 0 Å². The Morgan fingerprint density at radius 2 is 1.90 bits per heavy atom. The summed E-state index contributed by atoms with van der Waals surface area (Å²) in [6, 6.07) is 3.42. The standard InChI is InChI=1S/C15H26N2O3S/c1-11(2)20-8-6-5-7-17-21(18,19)15-10-12(3)9-14(16)13(15)4/h9-11,17H,5-8,16H2,1-4H3. The second kappa shape index (κ2) is 7.77. The lowest BCUT2D eigenvalue weighted by molar-refractivity contribution is 0.0762. The molecule has 0 unspecified atom stereocenters. The van der Waals surface area contributed by atoms with Crippen LogP contribution in [0.2, 0.25) is 0 Å². The second-order valence-corrected chi connectivity index (χ2v) is 7.24. The van der Waals surface area contributed by atoms with Crippen molar-refractivity contribution in [1.29, 1.82) is 0 Å². The lowest BCUT2D eigenvalue weighted by Crippen LogP contribution is -2.26. The molecule has 0 fully saturated rings. The number of unbranched alkanes of at least 4 members (excludes halogenated alkanes) is 1. The highest BCUT2D eigenvalue weighted by Crippen LogP contribution is 2.22. The molecular formula is C15H26N2O3S. The topological polar surface area (TPSA) is 81.4 Å². The summed E-state index contributed by atoms with van der Waals surface area (Å²) in [6.45, 7) is 8.56. The van der Waals surface area contributed by atoms with Gasteiger partial charge in [-0.3, -0.25) is 0 Å². The predicted octanol–water partition coefficient (Wildman–Crippen LogP) is 2.37. The summed E-state index contributed by atoms with van der Waals surface area (Å²) in [5.41, 5.74) is 7.76. The molecule has 1 aromatic rings. The minimum Gasteiger partial charge on any atom is -0.398 e. The van der Waals surface area contributed by atoms with Gasteiger partial charge < -0.3 is 10.5 Å². The first-order valence-corrected chi connectivity index (χ1v) is 8.70. The number of ether oxygens (including phenoxy) is 1. The lowest BCUT2D eigenvalue weighted by atomic mass is 10.1. The van der Waals surface area contributed by atoms with Crippen molar-refractivity contribution in [3.63, 3.8) is 0 Å². The number of hydrogen-bond acceptors (Lipinski definition) is 4. The molecule has 1 rings (SSSR count). The number of benzene rings is 1. The average Bonchev–Trinajstić information content (AvgIpc) is 2.37. The molecule has 0 spiro atoms. The molecule has 0 aliphatic heterocycles. The third-order valence-electron chi connectivity index (χ3n) is 3.15. The van der Waals surface area contributed by atoms with Gasteiger partial charge >= 0.3 is 0 Å². The van der Waals surface area contributed by atoms with Gasteiger partial charge in [-0.2, -0.15) is 0 Å². The van der Waals surface area contributed by atoms with E-state index in [9.17, 15) is 8.42 Å². The van der Waals surface area contributed by atoms with Crippen LogP contribution in [0.25, 0.3) is 0 Å². The number of nitrogens with one attached hydrogen (secondary N) is 1. The molecule has 0 saturated carbocycles. The SMILES string of the molecule is Cc1cc(N)c(C)c(S(=O)(=O)NCCCCOC(C)C)c1. The van der Waals surface area contributed by atoms with Crippen LogP contribution < -0.4 is 10.5 Å². The highest BCUT2D eigenvalue weighted by molar-refractivity contribution is 7.89. The van der Waals surface area contributed by atoms with Crippen molar-refractivity contribution in [2.45, 2.75) is 51.5 Å². The van der Waals surface area contributed by atoms with E-state index in [0.717, 1.165) is 18.4 Å². The van der Waals surface area contributed by atoms with Crippen LogP contribution in [0.4, 0.5) is 5.69 Å². The fraction of sp³-hybridized carbons (Fsp3) is 0.600. The van der Waals surface area contributed by atoms with E-state index in [1.54, 1.807) is 19.1 Å². The zero-order chi connectivity index (χ0) is 16.0. The molecule has 3 N–H and O–H groups in total. The Morgan fingerprint density at radius 1 is 1.24 bits per heavy atom. The molecule has 120 valence electrons. The summed E-state index contributed by atoms with van der Waals surface area (Å²) in [5, 5.41) is 0. The molecule has 1 aromatic carbocycles. The molecule has 0 heterocycles. The van der Waals surface area contributed by atoms with Crippen molar-refractivity contribution in [1.82, 2.24) is 4.72 Å². The predicted molar refractivity (Wildman–Crippen MR) is 85.8 cm³/mol. The zero-order valence-electron chi connectivity index (χ0n) is 13.3. The monoisotopic (exact) mass is 314 g/mol. The summed E-state index contributed by atoms with van der Waals surface area (Å²) >= 11 is 0. The Kier molecular flexibility index (Phi) is 6.64. The first kappa shape index (κ1) is 17.9. The summed E-state index contributed by atoms with van der Waals surface area (Å²) in [4.78, 5) is 0.262. The van der Waals surface area contributed by atoms with Gasteiger partial charge in [0, 0.05) is 18.8 Å². The van der Waals surface area contributed by atoms with E-state index in [-0.39, 0.29) is 11.0 Å². The molecule has 5 nitrogen and oxygen atoms in total. The quantitative estimate of drug-likeness (QED) is 0.570. The molecule has 6 heteroatoms. The third kappa shape index (κ3) is 5.65. The summed E-state index contributed by atoms with van der Waals surface area (Å²) in [6.07, 6.45) is 1.78. The highest BCUT2D eigenvalue weighted by Gasteiger charge is 2.18. The Labute approximate surface area is 127 Å². The van der Waals surface area contributed by atoms with Crippen LogP contribution in [0.1, 0.15) is 37.8 Å². The van der Waals surface area contributed by atoms with Gasteiger partial charge in [-0.15, -0.1) is 0 Å². The van der Waals surface area contributed by atoms with Crippen LogP contribution in [-0.4, -0.2) is 27.7 Å². The molecule has 0 saturated heterocycles. The van der Waals surface area contributed by atoms with Crippen molar-refractivity contribution < 1.29 is 13.2 Å². The highest BCUT2D eigenvalue weighted by atomic mass is 32.2. The van der Waals surface area contributed by atoms with Crippen LogP contribution in [-0.2, 0) is 14.8 Å². The third-order valence-corrected chi connectivity index (χ3v) is 4.74. The number of anilines is 1. The molecule has 0 radical (unpaired) electrons. The molecule has 0 bridgehead atoms.